The van der Waals surface area contributed by atoms with Gasteiger partial charge in [0, 0.05) is 23.3 Å². The van der Waals surface area contributed by atoms with Gasteiger partial charge in [0.05, 0.1) is 13.0 Å². The lowest BCUT2D eigenvalue weighted by Gasteiger charge is -2.38. The number of nitrogens with zero attached hydrogens (tertiary/aromatic N) is 1. The van der Waals surface area contributed by atoms with E-state index in [0.29, 0.717) is 29.8 Å². The molecule has 2 atom stereocenters. The maximum Gasteiger partial charge on any atom is 0.322 e. The summed E-state index contributed by atoms with van der Waals surface area (Å²) in [5, 5.41) is 3.54. The number of esters is 1. The first-order valence-corrected chi connectivity index (χ1v) is 9.38. The van der Waals surface area contributed by atoms with Gasteiger partial charge in [0.25, 0.3) is 0 Å². The lowest BCUT2D eigenvalue weighted by Crippen LogP contribution is -2.48. The third-order valence-corrected chi connectivity index (χ3v) is 4.94. The number of nitrogens with one attached hydrogen (secondary N) is 1. The summed E-state index contributed by atoms with van der Waals surface area (Å²) in [5.74, 6) is 0.155. The second kappa shape index (κ2) is 9.66. The summed E-state index contributed by atoms with van der Waals surface area (Å²) in [4.78, 5) is 26.4. The summed E-state index contributed by atoms with van der Waals surface area (Å²) in [5.41, 5.74) is 0.694. The largest absolute Gasteiger partial charge is 0.466 e. The first-order valence-electron chi connectivity index (χ1n) is 9.00. The Morgan fingerprint density at radius 2 is 1.92 bits per heavy atom. The Labute approximate surface area is 154 Å². The highest BCUT2D eigenvalue weighted by atomic mass is 35.5. The van der Waals surface area contributed by atoms with Crippen LogP contribution in [-0.2, 0) is 9.53 Å². The van der Waals surface area contributed by atoms with Crippen molar-refractivity contribution >= 4 is 29.3 Å². The Bertz CT molecular complexity index is 577. The normalized spacial score (nSPS) is 20.0. The highest BCUT2D eigenvalue weighted by molar-refractivity contribution is 6.30. The van der Waals surface area contributed by atoms with Gasteiger partial charge in [-0.1, -0.05) is 31.4 Å². The van der Waals surface area contributed by atoms with Crippen LogP contribution in [0, 0.1) is 5.92 Å². The van der Waals surface area contributed by atoms with Crippen molar-refractivity contribution in [1.29, 1.82) is 0 Å². The fraction of sp³-hybridized carbons (Fsp3) is 0.579. The van der Waals surface area contributed by atoms with Crippen LogP contribution in [0.25, 0.3) is 0 Å². The van der Waals surface area contributed by atoms with E-state index in [4.69, 9.17) is 16.3 Å². The SMILES string of the molecule is CCOC(=O)CCN(C(=O)Nc1ccc(Cl)cc1)C1CCCCC1C. The number of ether oxygens (including phenoxy) is 1. The van der Waals surface area contributed by atoms with E-state index in [-0.39, 0.29) is 24.5 Å². The first kappa shape index (κ1) is 19.6. The number of rotatable bonds is 6. The van der Waals surface area contributed by atoms with Crippen LogP contribution in [0.3, 0.4) is 0 Å². The molecule has 6 heteroatoms. The number of amides is 2. The Hall–Kier alpha value is -1.75. The summed E-state index contributed by atoms with van der Waals surface area (Å²) in [6, 6.07) is 7.00. The molecule has 1 aliphatic carbocycles. The second-order valence-corrected chi connectivity index (χ2v) is 6.95. The zero-order valence-corrected chi connectivity index (χ0v) is 15.7. The van der Waals surface area contributed by atoms with E-state index in [0.717, 1.165) is 19.3 Å². The summed E-state index contributed by atoms with van der Waals surface area (Å²) < 4.78 is 5.01. The summed E-state index contributed by atoms with van der Waals surface area (Å²) in [6.45, 7) is 4.69. The van der Waals surface area contributed by atoms with Gasteiger partial charge in [0.2, 0.25) is 0 Å². The molecule has 1 N–H and O–H groups in total. The number of anilines is 1. The van der Waals surface area contributed by atoms with Gasteiger partial charge in [0.1, 0.15) is 0 Å². The van der Waals surface area contributed by atoms with Gasteiger partial charge < -0.3 is 15.0 Å². The number of hydrogen-bond donors (Lipinski definition) is 1. The van der Waals surface area contributed by atoms with Crippen molar-refractivity contribution in [1.82, 2.24) is 4.90 Å². The molecule has 2 amide bonds. The van der Waals surface area contributed by atoms with Crippen molar-refractivity contribution in [3.05, 3.63) is 29.3 Å². The highest BCUT2D eigenvalue weighted by Gasteiger charge is 2.30. The smallest absolute Gasteiger partial charge is 0.322 e. The molecule has 138 valence electrons. The number of halogens is 1. The van der Waals surface area contributed by atoms with E-state index in [2.05, 4.69) is 12.2 Å². The fourth-order valence-electron chi connectivity index (χ4n) is 3.35. The molecule has 1 saturated carbocycles. The zero-order valence-electron chi connectivity index (χ0n) is 15.0. The van der Waals surface area contributed by atoms with Crippen molar-refractivity contribution in [2.24, 2.45) is 5.92 Å². The van der Waals surface area contributed by atoms with Crippen molar-refractivity contribution in [2.75, 3.05) is 18.5 Å². The average Bonchev–Trinajstić information content (AvgIpc) is 2.59. The molecule has 1 aromatic carbocycles. The van der Waals surface area contributed by atoms with Crippen LogP contribution in [0.1, 0.15) is 46.0 Å². The molecule has 1 aromatic rings. The minimum atomic E-state index is -0.268. The molecule has 2 rings (SSSR count). The Morgan fingerprint density at radius 1 is 1.24 bits per heavy atom. The Morgan fingerprint density at radius 3 is 2.56 bits per heavy atom. The Kier molecular flexibility index (Phi) is 7.56. The molecule has 25 heavy (non-hydrogen) atoms. The number of hydrogen-bond acceptors (Lipinski definition) is 3. The van der Waals surface area contributed by atoms with Gasteiger partial charge in [-0.3, -0.25) is 4.79 Å². The molecule has 0 aliphatic heterocycles. The van der Waals surface area contributed by atoms with Gasteiger partial charge in [-0.05, 0) is 49.9 Å². The molecule has 0 heterocycles. The van der Waals surface area contributed by atoms with Crippen LogP contribution >= 0.6 is 11.6 Å². The first-order chi connectivity index (χ1) is 12.0. The van der Waals surface area contributed by atoms with Gasteiger partial charge >= 0.3 is 12.0 Å². The van der Waals surface area contributed by atoms with Gasteiger partial charge in [-0.2, -0.15) is 0 Å². The van der Waals surface area contributed by atoms with Crippen LogP contribution in [0.5, 0.6) is 0 Å². The van der Waals surface area contributed by atoms with Gasteiger partial charge in [0.15, 0.2) is 0 Å². The average molecular weight is 367 g/mol. The number of carbonyl (C=O) groups is 2. The monoisotopic (exact) mass is 366 g/mol. The van der Waals surface area contributed by atoms with E-state index >= 15 is 0 Å². The van der Waals surface area contributed by atoms with Crippen LogP contribution in [0.2, 0.25) is 5.02 Å². The highest BCUT2D eigenvalue weighted by Crippen LogP contribution is 2.29. The molecule has 2 unspecified atom stereocenters. The van der Waals surface area contributed by atoms with E-state index in [1.165, 1.54) is 6.42 Å². The van der Waals surface area contributed by atoms with E-state index in [1.54, 1.807) is 36.1 Å². The molecule has 0 radical (unpaired) electrons. The third kappa shape index (κ3) is 5.92. The summed E-state index contributed by atoms with van der Waals surface area (Å²) in [7, 11) is 0. The quantitative estimate of drug-likeness (QED) is 0.742. The standard InChI is InChI=1S/C19H27ClN2O3/c1-3-25-18(23)12-13-22(17-7-5-4-6-14(17)2)19(24)21-16-10-8-15(20)9-11-16/h8-11,14,17H,3-7,12-13H2,1-2H3,(H,21,24). The van der Waals surface area contributed by atoms with Crippen LogP contribution in [-0.4, -0.2) is 36.1 Å². The molecular weight excluding hydrogens is 340 g/mol. The molecule has 0 saturated heterocycles. The zero-order chi connectivity index (χ0) is 18.2. The number of urea groups is 1. The third-order valence-electron chi connectivity index (χ3n) is 4.69. The molecule has 0 spiro atoms. The van der Waals surface area contributed by atoms with Crippen LogP contribution in [0.15, 0.2) is 24.3 Å². The fourth-order valence-corrected chi connectivity index (χ4v) is 3.48. The predicted molar refractivity (Wildman–Crippen MR) is 99.8 cm³/mol. The summed E-state index contributed by atoms with van der Waals surface area (Å²) >= 11 is 5.89. The van der Waals surface area contributed by atoms with Crippen molar-refractivity contribution in [2.45, 2.75) is 52.0 Å². The molecule has 0 aromatic heterocycles. The molecule has 1 aliphatic rings. The number of carbonyl (C=O) groups excluding carboxylic acids is 2. The summed E-state index contributed by atoms with van der Waals surface area (Å²) in [6.07, 6.45) is 4.60. The van der Waals surface area contributed by atoms with Gasteiger partial charge in [-0.15, -0.1) is 0 Å². The molecular formula is C19H27ClN2O3. The molecule has 0 bridgehead atoms. The molecule has 5 nitrogen and oxygen atoms in total. The minimum absolute atomic E-state index is 0.149. The maximum atomic E-state index is 12.8. The molecule has 1 fully saturated rings. The Balaban J connectivity index is 2.07. The van der Waals surface area contributed by atoms with E-state index in [1.807, 2.05) is 0 Å². The van der Waals surface area contributed by atoms with Crippen molar-refractivity contribution in [3.8, 4) is 0 Å². The van der Waals surface area contributed by atoms with Crippen LogP contribution < -0.4 is 5.32 Å². The van der Waals surface area contributed by atoms with Crippen molar-refractivity contribution < 1.29 is 14.3 Å². The second-order valence-electron chi connectivity index (χ2n) is 6.51. The van der Waals surface area contributed by atoms with Gasteiger partial charge in [-0.25, -0.2) is 4.79 Å². The lowest BCUT2D eigenvalue weighted by atomic mass is 9.85. The minimum Gasteiger partial charge on any atom is -0.466 e. The maximum absolute atomic E-state index is 12.8. The lowest BCUT2D eigenvalue weighted by molar-refractivity contribution is -0.143. The van der Waals surface area contributed by atoms with E-state index < -0.39 is 0 Å². The van der Waals surface area contributed by atoms with E-state index in [9.17, 15) is 9.59 Å². The van der Waals surface area contributed by atoms with Crippen molar-refractivity contribution in [3.63, 3.8) is 0 Å². The predicted octanol–water partition coefficient (Wildman–Crippen LogP) is 4.71. The number of benzene rings is 1. The topological polar surface area (TPSA) is 58.6 Å². The van der Waals surface area contributed by atoms with Crippen LogP contribution in [0.4, 0.5) is 10.5 Å².